The van der Waals surface area contributed by atoms with E-state index in [0.29, 0.717) is 6.61 Å². The molecule has 1 unspecified atom stereocenters. The largest absolute Gasteiger partial charge is 0.393 e. The van der Waals surface area contributed by atoms with Crippen LogP contribution in [0.5, 0.6) is 0 Å². The van der Waals surface area contributed by atoms with E-state index in [1.54, 1.807) is 0 Å². The van der Waals surface area contributed by atoms with Crippen molar-refractivity contribution in [1.29, 1.82) is 0 Å². The molecule has 1 heterocycles. The predicted molar refractivity (Wildman–Crippen MR) is 39.8 cm³/mol. The zero-order valence-corrected chi connectivity index (χ0v) is 6.76. The number of ether oxygens (including phenoxy) is 1. The molecule has 1 rings (SSSR count). The van der Waals surface area contributed by atoms with Crippen molar-refractivity contribution >= 4 is 0 Å². The van der Waals surface area contributed by atoms with Crippen LogP contribution < -0.4 is 0 Å². The van der Waals surface area contributed by atoms with Gasteiger partial charge in [-0.1, -0.05) is 13.8 Å². The molecule has 1 N–H and O–H groups in total. The molecule has 1 atom stereocenters. The fourth-order valence-corrected chi connectivity index (χ4v) is 1.37. The van der Waals surface area contributed by atoms with E-state index in [4.69, 9.17) is 4.74 Å². The highest BCUT2D eigenvalue weighted by Gasteiger charge is 2.25. The highest BCUT2D eigenvalue weighted by molar-refractivity contribution is 4.75. The van der Waals surface area contributed by atoms with Gasteiger partial charge in [0.15, 0.2) is 0 Å². The minimum Gasteiger partial charge on any atom is -0.393 e. The van der Waals surface area contributed by atoms with Crippen LogP contribution in [-0.4, -0.2) is 24.4 Å². The molecule has 60 valence electrons. The normalized spacial score (nSPS) is 33.3. The second kappa shape index (κ2) is 2.89. The van der Waals surface area contributed by atoms with Crippen molar-refractivity contribution in [2.45, 2.75) is 32.8 Å². The van der Waals surface area contributed by atoms with E-state index in [9.17, 15) is 5.11 Å². The van der Waals surface area contributed by atoms with Gasteiger partial charge in [0, 0.05) is 6.61 Å². The van der Waals surface area contributed by atoms with E-state index >= 15 is 0 Å². The summed E-state index contributed by atoms with van der Waals surface area (Å²) < 4.78 is 5.32. The number of aliphatic hydroxyl groups is 1. The first-order valence-corrected chi connectivity index (χ1v) is 3.86. The van der Waals surface area contributed by atoms with Crippen molar-refractivity contribution < 1.29 is 9.84 Å². The molecule has 1 fully saturated rings. The Bertz CT molecular complexity index is 110. The van der Waals surface area contributed by atoms with E-state index in [-0.39, 0.29) is 11.5 Å². The Labute approximate surface area is 62.2 Å². The molecule has 1 saturated heterocycles. The Morgan fingerprint density at radius 1 is 1.50 bits per heavy atom. The molecule has 2 nitrogen and oxygen atoms in total. The summed E-state index contributed by atoms with van der Waals surface area (Å²) in [4.78, 5) is 0. The molecule has 0 saturated carbocycles. The van der Waals surface area contributed by atoms with Crippen LogP contribution in [0.2, 0.25) is 0 Å². The average Bonchev–Trinajstić information content (AvgIpc) is 1.90. The Hall–Kier alpha value is -0.0800. The molecule has 0 spiro atoms. The van der Waals surface area contributed by atoms with Crippen LogP contribution in [-0.2, 0) is 4.74 Å². The summed E-state index contributed by atoms with van der Waals surface area (Å²) in [7, 11) is 0. The molecular formula is C8H16O2. The second-order valence-corrected chi connectivity index (χ2v) is 3.86. The lowest BCUT2D eigenvalue weighted by Gasteiger charge is -2.22. The Morgan fingerprint density at radius 3 is 2.90 bits per heavy atom. The molecule has 0 aromatic heterocycles. The lowest BCUT2D eigenvalue weighted by Crippen LogP contribution is -2.21. The summed E-state index contributed by atoms with van der Waals surface area (Å²) >= 11 is 0. The Morgan fingerprint density at radius 2 is 2.20 bits per heavy atom. The molecule has 10 heavy (non-hydrogen) atoms. The van der Waals surface area contributed by atoms with E-state index in [2.05, 4.69) is 13.8 Å². The molecule has 1 aliphatic heterocycles. The van der Waals surface area contributed by atoms with Crippen molar-refractivity contribution in [3.05, 3.63) is 0 Å². The zero-order valence-electron chi connectivity index (χ0n) is 6.76. The van der Waals surface area contributed by atoms with Gasteiger partial charge in [-0.25, -0.2) is 0 Å². The molecular weight excluding hydrogens is 128 g/mol. The highest BCUT2D eigenvalue weighted by atomic mass is 16.5. The van der Waals surface area contributed by atoms with Gasteiger partial charge in [-0.05, 0) is 18.3 Å². The fourth-order valence-electron chi connectivity index (χ4n) is 1.37. The topological polar surface area (TPSA) is 29.5 Å². The van der Waals surface area contributed by atoms with Gasteiger partial charge in [-0.15, -0.1) is 0 Å². The van der Waals surface area contributed by atoms with Gasteiger partial charge in [-0.3, -0.25) is 0 Å². The third-order valence-electron chi connectivity index (χ3n) is 1.88. The van der Waals surface area contributed by atoms with Crippen LogP contribution in [0.15, 0.2) is 0 Å². The van der Waals surface area contributed by atoms with Gasteiger partial charge in [0.25, 0.3) is 0 Å². The summed E-state index contributed by atoms with van der Waals surface area (Å²) in [6.45, 7) is 5.75. The minimum absolute atomic E-state index is 0.155. The molecule has 0 aliphatic carbocycles. The summed E-state index contributed by atoms with van der Waals surface area (Å²) in [5, 5.41) is 9.34. The number of hydrogen-bond acceptors (Lipinski definition) is 2. The molecule has 2 heteroatoms. The molecule has 0 bridgehead atoms. The summed E-state index contributed by atoms with van der Waals surface area (Å²) in [6, 6.07) is 0. The zero-order chi connectivity index (χ0) is 7.61. The number of hydrogen-bond donors (Lipinski definition) is 1. The van der Waals surface area contributed by atoms with Crippen LogP contribution in [0.3, 0.4) is 0 Å². The van der Waals surface area contributed by atoms with Crippen LogP contribution in [0.1, 0.15) is 26.7 Å². The number of rotatable bonds is 0. The molecule has 0 radical (unpaired) electrons. The standard InChI is InChI=1S/C8H16O2/c1-8(2)5-7(9)3-4-10-6-8/h7,9H,3-6H2,1-2H3. The molecule has 1 aliphatic rings. The average molecular weight is 144 g/mol. The van der Waals surface area contributed by atoms with E-state index in [1.807, 2.05) is 0 Å². The van der Waals surface area contributed by atoms with Crippen molar-refractivity contribution in [2.75, 3.05) is 13.2 Å². The first-order valence-electron chi connectivity index (χ1n) is 3.86. The van der Waals surface area contributed by atoms with Crippen molar-refractivity contribution in [1.82, 2.24) is 0 Å². The van der Waals surface area contributed by atoms with Gasteiger partial charge in [0.1, 0.15) is 0 Å². The summed E-state index contributed by atoms with van der Waals surface area (Å²) in [5.41, 5.74) is 0.163. The van der Waals surface area contributed by atoms with Gasteiger partial charge >= 0.3 is 0 Å². The monoisotopic (exact) mass is 144 g/mol. The van der Waals surface area contributed by atoms with Crippen LogP contribution in [0.25, 0.3) is 0 Å². The van der Waals surface area contributed by atoms with E-state index < -0.39 is 0 Å². The summed E-state index contributed by atoms with van der Waals surface area (Å²) in [6.07, 6.45) is 1.51. The van der Waals surface area contributed by atoms with Crippen molar-refractivity contribution in [2.24, 2.45) is 5.41 Å². The quantitative estimate of drug-likeness (QED) is 0.553. The van der Waals surface area contributed by atoms with Crippen molar-refractivity contribution in [3.63, 3.8) is 0 Å². The van der Waals surface area contributed by atoms with Crippen LogP contribution in [0, 0.1) is 5.41 Å². The first-order chi connectivity index (χ1) is 4.60. The first kappa shape index (κ1) is 8.02. The smallest absolute Gasteiger partial charge is 0.0568 e. The lowest BCUT2D eigenvalue weighted by molar-refractivity contribution is 0.0788. The maximum atomic E-state index is 9.34. The van der Waals surface area contributed by atoms with Gasteiger partial charge in [-0.2, -0.15) is 0 Å². The molecule has 0 aromatic rings. The van der Waals surface area contributed by atoms with Gasteiger partial charge in [0.2, 0.25) is 0 Å². The summed E-state index contributed by atoms with van der Waals surface area (Å²) in [5.74, 6) is 0. The maximum Gasteiger partial charge on any atom is 0.0568 e. The van der Waals surface area contributed by atoms with E-state index in [0.717, 1.165) is 19.4 Å². The van der Waals surface area contributed by atoms with Gasteiger partial charge < -0.3 is 9.84 Å². The predicted octanol–water partition coefficient (Wildman–Crippen LogP) is 1.18. The maximum absolute atomic E-state index is 9.34. The van der Waals surface area contributed by atoms with E-state index in [1.165, 1.54) is 0 Å². The molecule has 0 aromatic carbocycles. The Balaban J connectivity index is 2.46. The van der Waals surface area contributed by atoms with Crippen molar-refractivity contribution in [3.8, 4) is 0 Å². The fraction of sp³-hybridized carbons (Fsp3) is 1.00. The third kappa shape index (κ3) is 2.27. The number of aliphatic hydroxyl groups excluding tert-OH is 1. The Kier molecular flexibility index (Phi) is 2.32. The lowest BCUT2D eigenvalue weighted by atomic mass is 9.88. The second-order valence-electron chi connectivity index (χ2n) is 3.86. The SMILES string of the molecule is CC1(C)COCCC(O)C1. The highest BCUT2D eigenvalue weighted by Crippen LogP contribution is 2.26. The molecule has 0 amide bonds. The van der Waals surface area contributed by atoms with Crippen LogP contribution >= 0.6 is 0 Å². The minimum atomic E-state index is -0.155. The third-order valence-corrected chi connectivity index (χ3v) is 1.88. The van der Waals surface area contributed by atoms with Gasteiger partial charge in [0.05, 0.1) is 12.7 Å². The van der Waals surface area contributed by atoms with Crippen LogP contribution in [0.4, 0.5) is 0 Å².